The fourth-order valence-electron chi connectivity index (χ4n) is 3.99. The Morgan fingerprint density at radius 2 is 2.08 bits per heavy atom. The number of hydrogen-bond donors (Lipinski definition) is 0. The molecule has 0 N–H and O–H groups in total. The Bertz CT molecular complexity index is 746. The highest BCUT2D eigenvalue weighted by molar-refractivity contribution is 7.15. The summed E-state index contributed by atoms with van der Waals surface area (Å²) >= 11 is 1.60. The Kier molecular flexibility index (Phi) is 4.80. The van der Waals surface area contributed by atoms with E-state index >= 15 is 0 Å². The second-order valence-electron chi connectivity index (χ2n) is 7.46. The summed E-state index contributed by atoms with van der Waals surface area (Å²) in [7, 11) is 4.30. The molecule has 4 heterocycles. The van der Waals surface area contributed by atoms with Gasteiger partial charge >= 0.3 is 0 Å². The summed E-state index contributed by atoms with van der Waals surface area (Å²) in [6, 6.07) is 0.604. The van der Waals surface area contributed by atoms with Crippen LogP contribution < -0.4 is 0 Å². The zero-order chi connectivity index (χ0) is 17.4. The first-order valence-electron chi connectivity index (χ1n) is 9.26. The first kappa shape index (κ1) is 17.0. The van der Waals surface area contributed by atoms with Crippen molar-refractivity contribution in [3.63, 3.8) is 0 Å². The number of carbonyl (C=O) groups is 1. The number of thiazole rings is 1. The highest BCUT2D eigenvalue weighted by Gasteiger charge is 2.29. The molecule has 6 nitrogen and oxygen atoms in total. The van der Waals surface area contributed by atoms with Crippen LogP contribution in [0.1, 0.15) is 41.9 Å². The molecule has 7 heteroatoms. The maximum atomic E-state index is 13.1. The normalized spacial score (nSPS) is 22.4. The van der Waals surface area contributed by atoms with E-state index in [1.165, 1.54) is 12.8 Å². The zero-order valence-electron chi connectivity index (χ0n) is 15.1. The molecule has 2 aliphatic heterocycles. The van der Waals surface area contributed by atoms with Crippen LogP contribution in [0.25, 0.3) is 4.96 Å². The lowest BCUT2D eigenvalue weighted by Crippen LogP contribution is -2.37. The van der Waals surface area contributed by atoms with Crippen LogP contribution in [0.4, 0.5) is 0 Å². The molecule has 2 fully saturated rings. The first-order valence-corrected chi connectivity index (χ1v) is 10.1. The van der Waals surface area contributed by atoms with Crippen molar-refractivity contribution in [2.75, 3.05) is 40.3 Å². The number of fused-ring (bicyclic) bond motifs is 1. The molecule has 0 radical (unpaired) electrons. The number of imidazole rings is 1. The quantitative estimate of drug-likeness (QED) is 0.837. The van der Waals surface area contributed by atoms with Crippen LogP contribution in [0.5, 0.6) is 0 Å². The number of piperidine rings is 1. The summed E-state index contributed by atoms with van der Waals surface area (Å²) < 4.78 is 2.12. The topological polar surface area (TPSA) is 44.1 Å². The van der Waals surface area contributed by atoms with E-state index in [4.69, 9.17) is 4.98 Å². The summed E-state index contributed by atoms with van der Waals surface area (Å²) in [4.78, 5) is 25.4. The summed E-state index contributed by atoms with van der Waals surface area (Å²) in [6.07, 6.45) is 6.69. The summed E-state index contributed by atoms with van der Waals surface area (Å²) in [5.41, 5.74) is 1.73. The Hall–Kier alpha value is -1.44. The van der Waals surface area contributed by atoms with E-state index in [2.05, 4.69) is 34.5 Å². The van der Waals surface area contributed by atoms with E-state index in [9.17, 15) is 4.79 Å². The number of amides is 1. The van der Waals surface area contributed by atoms with Gasteiger partial charge in [0.15, 0.2) is 10.7 Å². The van der Waals surface area contributed by atoms with Gasteiger partial charge in [0.05, 0.1) is 5.69 Å². The van der Waals surface area contributed by atoms with Gasteiger partial charge in [-0.15, -0.1) is 11.3 Å². The third-order valence-corrected chi connectivity index (χ3v) is 6.31. The molecule has 2 saturated heterocycles. The molecule has 25 heavy (non-hydrogen) atoms. The van der Waals surface area contributed by atoms with Gasteiger partial charge in [-0.05, 0) is 39.8 Å². The number of likely N-dealkylation sites (tertiary alicyclic amines) is 2. The van der Waals surface area contributed by atoms with Gasteiger partial charge < -0.3 is 9.80 Å². The van der Waals surface area contributed by atoms with Crippen molar-refractivity contribution in [3.05, 3.63) is 23.0 Å². The molecule has 0 unspecified atom stereocenters. The van der Waals surface area contributed by atoms with Gasteiger partial charge in [0.25, 0.3) is 5.91 Å². The van der Waals surface area contributed by atoms with Crippen LogP contribution in [0.3, 0.4) is 0 Å². The number of rotatable bonds is 4. The largest absolute Gasteiger partial charge is 0.337 e. The highest BCUT2D eigenvalue weighted by atomic mass is 32.1. The molecule has 2 aromatic rings. The Balaban J connectivity index is 1.58. The average molecular weight is 362 g/mol. The molecular weight excluding hydrogens is 334 g/mol. The van der Waals surface area contributed by atoms with Gasteiger partial charge in [-0.25, -0.2) is 4.98 Å². The van der Waals surface area contributed by atoms with Crippen LogP contribution >= 0.6 is 11.3 Å². The molecule has 4 rings (SSSR count). The number of hydrogen-bond acceptors (Lipinski definition) is 5. The van der Waals surface area contributed by atoms with Crippen molar-refractivity contribution in [2.45, 2.75) is 38.3 Å². The fraction of sp³-hybridized carbons (Fsp3) is 0.667. The Labute approximate surface area is 153 Å². The lowest BCUT2D eigenvalue weighted by Gasteiger charge is -2.26. The van der Waals surface area contributed by atoms with Gasteiger partial charge in [0.1, 0.15) is 0 Å². The molecule has 0 bridgehead atoms. The van der Waals surface area contributed by atoms with Gasteiger partial charge in [0, 0.05) is 50.3 Å². The highest BCUT2D eigenvalue weighted by Crippen LogP contribution is 2.24. The molecule has 2 aliphatic rings. The molecule has 0 aromatic carbocycles. The standard InChI is InChI=1S/C18H27N5OS/c1-20(2)14-6-9-21(12-14)13-15-16(19-18-23(15)10-11-25-18)17(24)22-7-4-3-5-8-22/h10-11,14H,3-9,12-13H2,1-2H3/t14-/m0/s1. The minimum atomic E-state index is 0.119. The van der Waals surface area contributed by atoms with Crippen LogP contribution in [0.15, 0.2) is 11.6 Å². The molecule has 0 saturated carbocycles. The monoisotopic (exact) mass is 361 g/mol. The van der Waals surface area contributed by atoms with E-state index in [1.807, 2.05) is 10.3 Å². The summed E-state index contributed by atoms with van der Waals surface area (Å²) in [6.45, 7) is 4.68. The second-order valence-corrected chi connectivity index (χ2v) is 8.33. The zero-order valence-corrected chi connectivity index (χ0v) is 16.0. The number of nitrogens with zero attached hydrogens (tertiary/aromatic N) is 5. The number of likely N-dealkylation sites (N-methyl/N-ethyl adjacent to an activating group) is 1. The third kappa shape index (κ3) is 3.32. The molecule has 136 valence electrons. The van der Waals surface area contributed by atoms with Crippen molar-refractivity contribution in [1.29, 1.82) is 0 Å². The van der Waals surface area contributed by atoms with E-state index in [1.54, 1.807) is 11.3 Å². The van der Waals surface area contributed by atoms with Crippen molar-refractivity contribution < 1.29 is 4.79 Å². The van der Waals surface area contributed by atoms with Gasteiger partial charge in [-0.1, -0.05) is 0 Å². The summed E-state index contributed by atoms with van der Waals surface area (Å²) in [5.74, 6) is 0.119. The lowest BCUT2D eigenvalue weighted by molar-refractivity contribution is 0.0716. The first-order chi connectivity index (χ1) is 12.1. The van der Waals surface area contributed by atoms with Gasteiger partial charge in [-0.3, -0.25) is 14.1 Å². The lowest BCUT2D eigenvalue weighted by atomic mass is 10.1. The van der Waals surface area contributed by atoms with Crippen molar-refractivity contribution >= 4 is 22.2 Å². The van der Waals surface area contributed by atoms with Crippen LogP contribution in [0.2, 0.25) is 0 Å². The molecule has 1 amide bonds. The van der Waals surface area contributed by atoms with E-state index in [-0.39, 0.29) is 5.91 Å². The molecular formula is C18H27N5OS. The maximum absolute atomic E-state index is 13.1. The molecule has 2 aromatic heterocycles. The average Bonchev–Trinajstić information content (AvgIpc) is 3.32. The number of carbonyl (C=O) groups excluding carboxylic acids is 1. The van der Waals surface area contributed by atoms with Crippen LogP contribution in [-0.4, -0.2) is 76.3 Å². The second kappa shape index (κ2) is 7.05. The maximum Gasteiger partial charge on any atom is 0.274 e. The summed E-state index contributed by atoms with van der Waals surface area (Å²) in [5, 5.41) is 2.05. The van der Waals surface area contributed by atoms with Crippen LogP contribution in [-0.2, 0) is 6.54 Å². The smallest absolute Gasteiger partial charge is 0.274 e. The van der Waals surface area contributed by atoms with Crippen molar-refractivity contribution in [2.24, 2.45) is 0 Å². The predicted octanol–water partition coefficient (Wildman–Crippen LogP) is 2.16. The van der Waals surface area contributed by atoms with E-state index in [0.717, 1.165) is 56.2 Å². The van der Waals surface area contributed by atoms with Crippen molar-refractivity contribution in [1.82, 2.24) is 24.1 Å². The van der Waals surface area contributed by atoms with Crippen molar-refractivity contribution in [3.8, 4) is 0 Å². The van der Waals surface area contributed by atoms with Gasteiger partial charge in [0.2, 0.25) is 0 Å². The molecule has 1 atom stereocenters. The van der Waals surface area contributed by atoms with Crippen LogP contribution in [0, 0.1) is 0 Å². The van der Waals surface area contributed by atoms with Gasteiger partial charge in [-0.2, -0.15) is 0 Å². The van der Waals surface area contributed by atoms with E-state index in [0.29, 0.717) is 11.7 Å². The van der Waals surface area contributed by atoms with E-state index < -0.39 is 0 Å². The third-order valence-electron chi connectivity index (χ3n) is 5.56. The minimum Gasteiger partial charge on any atom is -0.337 e. The molecule has 0 spiro atoms. The fourth-order valence-corrected chi connectivity index (χ4v) is 4.72. The number of aromatic nitrogens is 2. The predicted molar refractivity (Wildman–Crippen MR) is 100 cm³/mol. The Morgan fingerprint density at radius 1 is 1.28 bits per heavy atom. The SMILES string of the molecule is CN(C)[C@H]1CCN(Cc2c(C(=O)N3CCCCC3)nc3sccn23)C1. The molecule has 0 aliphatic carbocycles. The minimum absolute atomic E-state index is 0.119. The Morgan fingerprint density at radius 3 is 2.80 bits per heavy atom.